The lowest BCUT2D eigenvalue weighted by Gasteiger charge is -2.07. The van der Waals surface area contributed by atoms with E-state index in [2.05, 4.69) is 10.9 Å². The molecule has 2 nitrogen and oxygen atoms in total. The second-order valence-electron chi connectivity index (χ2n) is 3.42. The van der Waals surface area contributed by atoms with Crippen molar-refractivity contribution in [1.82, 2.24) is 4.98 Å². The summed E-state index contributed by atoms with van der Waals surface area (Å²) in [5, 5.41) is 0.882. The summed E-state index contributed by atoms with van der Waals surface area (Å²) < 4.78 is 26.7. The number of aryl methyl sites for hydroxylation is 1. The highest BCUT2D eigenvalue weighted by atomic mass is 19.2. The van der Waals surface area contributed by atoms with Gasteiger partial charge in [-0.15, -0.1) is 6.42 Å². The summed E-state index contributed by atoms with van der Waals surface area (Å²) in [6.45, 7) is 9.65. The Morgan fingerprint density at radius 3 is 2.20 bits per heavy atom. The Hall–Kier alpha value is -2.15. The minimum atomic E-state index is -1.02. The monoisotopic (exact) mass is 278 g/mol. The van der Waals surface area contributed by atoms with Gasteiger partial charge in [-0.2, -0.15) is 0 Å². The molecule has 0 atom stereocenters. The first-order chi connectivity index (χ1) is 9.54. The van der Waals surface area contributed by atoms with E-state index in [0.717, 1.165) is 6.07 Å². The zero-order valence-electron chi connectivity index (χ0n) is 12.5. The lowest BCUT2D eigenvalue weighted by atomic mass is 10.0. The molecule has 0 aliphatic heterocycles. The number of pyridine rings is 1. The first kappa shape index (κ1) is 17.8. The number of nitrogen functional groups attached to an aromatic ring is 1. The molecular weight excluding hydrogens is 258 g/mol. The molecule has 1 aromatic heterocycles. The molecule has 0 fully saturated rings. The second kappa shape index (κ2) is 8.11. The number of nitrogens with two attached hydrogens (primary N) is 1. The quantitative estimate of drug-likeness (QED) is 0.724. The van der Waals surface area contributed by atoms with Crippen molar-refractivity contribution in [2.45, 2.75) is 34.6 Å². The smallest absolute Gasteiger partial charge is 0.175 e. The Kier molecular flexibility index (Phi) is 7.24. The van der Waals surface area contributed by atoms with Gasteiger partial charge in [0, 0.05) is 11.1 Å². The van der Waals surface area contributed by atoms with Crippen molar-refractivity contribution in [2.75, 3.05) is 5.73 Å². The molecule has 0 saturated heterocycles. The molecule has 0 radical (unpaired) electrons. The summed E-state index contributed by atoms with van der Waals surface area (Å²) in [4.78, 5) is 3.97. The van der Waals surface area contributed by atoms with Gasteiger partial charge in [-0.3, -0.25) is 0 Å². The molecule has 20 heavy (non-hydrogen) atoms. The van der Waals surface area contributed by atoms with Crippen LogP contribution in [0.2, 0.25) is 0 Å². The highest BCUT2D eigenvalue weighted by Crippen LogP contribution is 2.26. The fourth-order valence-corrected chi connectivity index (χ4v) is 1.73. The van der Waals surface area contributed by atoms with E-state index >= 15 is 0 Å². The number of halogens is 2. The van der Waals surface area contributed by atoms with E-state index < -0.39 is 11.6 Å². The standard InChI is InChI=1S/C12H8F2N2.2C2H6/c1-3-8-11-6(2)16-10(15)5-7(11)4-9(13)12(8)14;2*1-2/h1,4-5H,2H3,(H2,15,16);2*1-2H3. The van der Waals surface area contributed by atoms with Crippen molar-refractivity contribution in [3.63, 3.8) is 0 Å². The maximum absolute atomic E-state index is 13.4. The molecule has 2 rings (SSSR count). The molecule has 2 N–H and O–H groups in total. The lowest BCUT2D eigenvalue weighted by Crippen LogP contribution is -1.98. The Labute approximate surface area is 119 Å². The first-order valence-electron chi connectivity index (χ1n) is 6.56. The van der Waals surface area contributed by atoms with Crippen LogP contribution in [0.1, 0.15) is 39.0 Å². The molecule has 0 aliphatic rings. The van der Waals surface area contributed by atoms with Gasteiger partial charge in [0.1, 0.15) is 5.82 Å². The van der Waals surface area contributed by atoms with Crippen molar-refractivity contribution < 1.29 is 8.78 Å². The molecular formula is C16H20F2N2. The molecule has 0 saturated carbocycles. The molecule has 0 aliphatic carbocycles. The van der Waals surface area contributed by atoms with Gasteiger partial charge in [0.15, 0.2) is 11.6 Å². The van der Waals surface area contributed by atoms with Crippen molar-refractivity contribution in [2.24, 2.45) is 0 Å². The molecule has 108 valence electrons. The van der Waals surface area contributed by atoms with Gasteiger partial charge in [0.25, 0.3) is 0 Å². The first-order valence-corrected chi connectivity index (χ1v) is 6.56. The van der Waals surface area contributed by atoms with Crippen LogP contribution in [0.4, 0.5) is 14.6 Å². The van der Waals surface area contributed by atoms with Crippen molar-refractivity contribution in [1.29, 1.82) is 0 Å². The third-order valence-corrected chi connectivity index (χ3v) is 2.36. The third kappa shape index (κ3) is 3.45. The number of fused-ring (bicyclic) bond motifs is 1. The average molecular weight is 278 g/mol. The number of hydrogen-bond acceptors (Lipinski definition) is 2. The van der Waals surface area contributed by atoms with Crippen LogP contribution in [0.15, 0.2) is 12.1 Å². The van der Waals surface area contributed by atoms with Crippen LogP contribution in [0, 0.1) is 30.9 Å². The lowest BCUT2D eigenvalue weighted by molar-refractivity contribution is 0.509. The van der Waals surface area contributed by atoms with E-state index in [1.54, 1.807) is 6.92 Å². The van der Waals surface area contributed by atoms with E-state index in [0.29, 0.717) is 16.5 Å². The predicted octanol–water partition coefficient (Wildman–Crippen LogP) is 4.44. The number of aromatic nitrogens is 1. The Morgan fingerprint density at radius 1 is 1.15 bits per heavy atom. The van der Waals surface area contributed by atoms with Crippen molar-refractivity contribution in [3.05, 3.63) is 35.0 Å². The van der Waals surface area contributed by atoms with Crippen LogP contribution < -0.4 is 5.73 Å². The van der Waals surface area contributed by atoms with Gasteiger partial charge >= 0.3 is 0 Å². The SMILES string of the molecule is C#Cc1c(F)c(F)cc2cc(N)nc(C)c12.CC.CC. The van der Waals surface area contributed by atoms with Gasteiger partial charge in [-0.1, -0.05) is 33.6 Å². The van der Waals surface area contributed by atoms with Gasteiger partial charge in [-0.25, -0.2) is 13.8 Å². The van der Waals surface area contributed by atoms with E-state index in [1.165, 1.54) is 6.07 Å². The van der Waals surface area contributed by atoms with E-state index in [4.69, 9.17) is 12.2 Å². The molecule has 4 heteroatoms. The number of nitrogens with zero attached hydrogens (tertiary/aromatic N) is 1. The van der Waals surface area contributed by atoms with Crippen LogP contribution in [-0.4, -0.2) is 4.98 Å². The van der Waals surface area contributed by atoms with Crippen LogP contribution >= 0.6 is 0 Å². The summed E-state index contributed by atoms with van der Waals surface area (Å²) in [7, 11) is 0. The Bertz CT molecular complexity index is 629. The van der Waals surface area contributed by atoms with Crippen molar-refractivity contribution in [3.8, 4) is 12.3 Å². The highest BCUT2D eigenvalue weighted by molar-refractivity contribution is 5.91. The molecule has 0 amide bonds. The molecule has 0 spiro atoms. The average Bonchev–Trinajstić information content (AvgIpc) is 2.45. The fraction of sp³-hybridized carbons (Fsp3) is 0.312. The molecule has 1 aromatic carbocycles. The zero-order chi connectivity index (χ0) is 15.9. The van der Waals surface area contributed by atoms with Crippen LogP contribution in [0.25, 0.3) is 10.8 Å². The zero-order valence-corrected chi connectivity index (χ0v) is 12.5. The van der Waals surface area contributed by atoms with Gasteiger partial charge < -0.3 is 5.73 Å². The van der Waals surface area contributed by atoms with Gasteiger partial charge in [0.2, 0.25) is 0 Å². The van der Waals surface area contributed by atoms with E-state index in [9.17, 15) is 8.78 Å². The predicted molar refractivity (Wildman–Crippen MR) is 81.4 cm³/mol. The number of hydrogen-bond donors (Lipinski definition) is 1. The minimum Gasteiger partial charge on any atom is -0.384 e. The van der Waals surface area contributed by atoms with Crippen LogP contribution in [0.3, 0.4) is 0 Å². The number of anilines is 1. The molecule has 0 unspecified atom stereocenters. The molecule has 2 aromatic rings. The highest BCUT2D eigenvalue weighted by Gasteiger charge is 2.14. The normalized spacial score (nSPS) is 8.90. The summed E-state index contributed by atoms with van der Waals surface area (Å²) in [6, 6.07) is 2.53. The molecule has 0 bridgehead atoms. The Balaban J connectivity index is 0.000000829. The van der Waals surface area contributed by atoms with Gasteiger partial charge in [0.05, 0.1) is 5.56 Å². The third-order valence-electron chi connectivity index (χ3n) is 2.36. The maximum Gasteiger partial charge on any atom is 0.175 e. The number of terminal acetylenes is 1. The fourth-order valence-electron chi connectivity index (χ4n) is 1.73. The number of rotatable bonds is 0. The topological polar surface area (TPSA) is 38.9 Å². The van der Waals surface area contributed by atoms with E-state index in [-0.39, 0.29) is 11.4 Å². The summed E-state index contributed by atoms with van der Waals surface area (Å²) in [6.07, 6.45) is 5.18. The second-order valence-corrected chi connectivity index (χ2v) is 3.42. The molecule has 1 heterocycles. The number of benzene rings is 1. The van der Waals surface area contributed by atoms with Gasteiger partial charge in [-0.05, 0) is 24.4 Å². The maximum atomic E-state index is 13.4. The van der Waals surface area contributed by atoms with Crippen LogP contribution in [-0.2, 0) is 0 Å². The summed E-state index contributed by atoms with van der Waals surface area (Å²) >= 11 is 0. The Morgan fingerprint density at radius 2 is 1.70 bits per heavy atom. The summed E-state index contributed by atoms with van der Waals surface area (Å²) in [5.41, 5.74) is 5.90. The van der Waals surface area contributed by atoms with Crippen LogP contribution in [0.5, 0.6) is 0 Å². The van der Waals surface area contributed by atoms with Crippen molar-refractivity contribution >= 4 is 16.6 Å². The largest absolute Gasteiger partial charge is 0.384 e. The minimum absolute atomic E-state index is 0.111. The summed E-state index contributed by atoms with van der Waals surface area (Å²) in [5.74, 6) is 0.388. The van der Waals surface area contributed by atoms with E-state index in [1.807, 2.05) is 27.7 Å².